The minimum absolute atomic E-state index is 0.128. The van der Waals surface area contributed by atoms with Crippen molar-refractivity contribution >= 4 is 5.91 Å². The van der Waals surface area contributed by atoms with Crippen LogP contribution in [0.4, 0.5) is 0 Å². The van der Waals surface area contributed by atoms with Gasteiger partial charge in [-0.25, -0.2) is 0 Å². The summed E-state index contributed by atoms with van der Waals surface area (Å²) in [6.07, 6.45) is 7.12. The normalized spacial score (nSPS) is 21.8. The highest BCUT2D eigenvalue weighted by Crippen LogP contribution is 2.32. The Hall–Kier alpha value is -1.39. The Morgan fingerprint density at radius 3 is 2.44 bits per heavy atom. The van der Waals surface area contributed by atoms with Gasteiger partial charge in [0.15, 0.2) is 0 Å². The van der Waals surface area contributed by atoms with Gasteiger partial charge in [-0.05, 0) is 51.4 Å². The van der Waals surface area contributed by atoms with Gasteiger partial charge in [0.1, 0.15) is 0 Å². The van der Waals surface area contributed by atoms with Crippen molar-refractivity contribution in [2.24, 2.45) is 0 Å². The van der Waals surface area contributed by atoms with Crippen LogP contribution in [-0.2, 0) is 11.3 Å². The monoisotopic (exact) mass is 344 g/mol. The molecule has 25 heavy (non-hydrogen) atoms. The minimum atomic E-state index is -0.782. The van der Waals surface area contributed by atoms with Gasteiger partial charge >= 0.3 is 0 Å². The second kappa shape index (κ2) is 8.33. The zero-order valence-corrected chi connectivity index (χ0v) is 15.5. The Kier molecular flexibility index (Phi) is 6.13. The molecule has 1 aliphatic heterocycles. The first kappa shape index (κ1) is 18.4. The van der Waals surface area contributed by atoms with Crippen molar-refractivity contribution in [1.82, 2.24) is 9.80 Å². The van der Waals surface area contributed by atoms with Crippen LogP contribution >= 0.6 is 0 Å². The Morgan fingerprint density at radius 1 is 1.16 bits per heavy atom. The van der Waals surface area contributed by atoms with Crippen LogP contribution in [0, 0.1) is 0 Å². The van der Waals surface area contributed by atoms with Crippen molar-refractivity contribution in [3.05, 3.63) is 35.9 Å². The van der Waals surface area contributed by atoms with Crippen LogP contribution < -0.4 is 0 Å². The number of amides is 1. The van der Waals surface area contributed by atoms with E-state index in [1.807, 2.05) is 18.2 Å². The molecular formula is C21H32N2O2. The lowest BCUT2D eigenvalue weighted by Gasteiger charge is -2.40. The summed E-state index contributed by atoms with van der Waals surface area (Å²) in [4.78, 5) is 17.5. The van der Waals surface area contributed by atoms with Gasteiger partial charge in [-0.15, -0.1) is 0 Å². The molecule has 1 aliphatic carbocycles. The zero-order valence-electron chi connectivity index (χ0n) is 15.5. The van der Waals surface area contributed by atoms with Crippen molar-refractivity contribution < 1.29 is 9.90 Å². The van der Waals surface area contributed by atoms with E-state index in [1.165, 1.54) is 12.0 Å². The molecule has 0 unspecified atom stereocenters. The number of benzene rings is 1. The summed E-state index contributed by atoms with van der Waals surface area (Å²) in [6.45, 7) is 2.73. The summed E-state index contributed by atoms with van der Waals surface area (Å²) in [5.41, 5.74) is 0.390. The highest BCUT2D eigenvalue weighted by Gasteiger charge is 2.35. The van der Waals surface area contributed by atoms with Crippen molar-refractivity contribution in [2.45, 2.75) is 69.6 Å². The molecule has 1 aromatic carbocycles. The summed E-state index contributed by atoms with van der Waals surface area (Å²) in [6, 6.07) is 10.5. The number of hydrogen-bond acceptors (Lipinski definition) is 3. The molecule has 4 heteroatoms. The second-order valence-electron chi connectivity index (χ2n) is 8.00. The molecule has 0 aromatic heterocycles. The van der Waals surface area contributed by atoms with Gasteiger partial charge < -0.3 is 14.9 Å². The number of piperidine rings is 1. The Balaban J connectivity index is 1.71. The third kappa shape index (κ3) is 5.05. The van der Waals surface area contributed by atoms with Crippen molar-refractivity contribution in [2.75, 3.05) is 20.1 Å². The lowest BCUT2D eigenvalue weighted by Crippen LogP contribution is -2.48. The molecule has 1 heterocycles. The van der Waals surface area contributed by atoms with E-state index in [1.54, 1.807) is 0 Å². The molecule has 1 saturated carbocycles. The predicted molar refractivity (Wildman–Crippen MR) is 100 cm³/mol. The summed E-state index contributed by atoms with van der Waals surface area (Å²) in [7, 11) is 2.14. The first-order chi connectivity index (χ1) is 12.1. The third-order valence-electron chi connectivity index (χ3n) is 5.91. The van der Waals surface area contributed by atoms with E-state index in [4.69, 9.17) is 0 Å². The van der Waals surface area contributed by atoms with Crippen molar-refractivity contribution in [3.8, 4) is 0 Å². The van der Waals surface area contributed by atoms with Crippen LogP contribution in [0.3, 0.4) is 0 Å². The largest absolute Gasteiger partial charge is 0.389 e. The number of carbonyl (C=O) groups is 1. The van der Waals surface area contributed by atoms with E-state index < -0.39 is 5.60 Å². The number of rotatable bonds is 5. The topological polar surface area (TPSA) is 43.8 Å². The number of nitrogens with zero attached hydrogens (tertiary/aromatic N) is 2. The van der Waals surface area contributed by atoms with E-state index in [-0.39, 0.29) is 18.4 Å². The fraction of sp³-hybridized carbons (Fsp3) is 0.667. The van der Waals surface area contributed by atoms with Crippen molar-refractivity contribution in [1.29, 1.82) is 0 Å². The van der Waals surface area contributed by atoms with Crippen molar-refractivity contribution in [3.63, 3.8) is 0 Å². The molecule has 138 valence electrons. The molecule has 1 amide bonds. The summed E-state index contributed by atoms with van der Waals surface area (Å²) >= 11 is 0. The quantitative estimate of drug-likeness (QED) is 0.892. The van der Waals surface area contributed by atoms with Crippen LogP contribution in [-0.4, -0.2) is 52.6 Å². The van der Waals surface area contributed by atoms with E-state index in [0.29, 0.717) is 6.54 Å². The van der Waals surface area contributed by atoms with Gasteiger partial charge in [0.25, 0.3) is 0 Å². The zero-order chi connectivity index (χ0) is 17.7. The van der Waals surface area contributed by atoms with E-state index in [9.17, 15) is 9.90 Å². The second-order valence-corrected chi connectivity index (χ2v) is 8.00. The smallest absolute Gasteiger partial charge is 0.226 e. The average Bonchev–Trinajstić information content (AvgIpc) is 2.61. The molecule has 2 fully saturated rings. The van der Waals surface area contributed by atoms with Gasteiger partial charge in [-0.1, -0.05) is 49.6 Å². The Morgan fingerprint density at radius 2 is 1.80 bits per heavy atom. The lowest BCUT2D eigenvalue weighted by molar-refractivity contribution is -0.141. The van der Waals surface area contributed by atoms with Gasteiger partial charge in [-0.2, -0.15) is 0 Å². The fourth-order valence-corrected chi connectivity index (χ4v) is 4.28. The highest BCUT2D eigenvalue weighted by atomic mass is 16.3. The summed E-state index contributed by atoms with van der Waals surface area (Å²) in [5, 5.41) is 10.8. The molecule has 1 N–H and O–H groups in total. The van der Waals surface area contributed by atoms with Gasteiger partial charge in [-0.3, -0.25) is 4.79 Å². The maximum absolute atomic E-state index is 13.2. The first-order valence-electron chi connectivity index (χ1n) is 9.80. The van der Waals surface area contributed by atoms with Crippen LogP contribution in [0.15, 0.2) is 30.3 Å². The van der Waals surface area contributed by atoms with E-state index in [2.05, 4.69) is 29.0 Å². The van der Waals surface area contributed by atoms with E-state index >= 15 is 0 Å². The van der Waals surface area contributed by atoms with Gasteiger partial charge in [0, 0.05) is 12.6 Å². The molecule has 0 radical (unpaired) electrons. The van der Waals surface area contributed by atoms with Crippen LogP contribution in [0.5, 0.6) is 0 Å². The molecule has 1 saturated heterocycles. The van der Waals surface area contributed by atoms with E-state index in [0.717, 1.165) is 51.6 Å². The molecule has 2 aliphatic rings. The maximum Gasteiger partial charge on any atom is 0.226 e. The molecule has 1 aromatic rings. The fourth-order valence-electron chi connectivity index (χ4n) is 4.28. The maximum atomic E-state index is 13.2. The lowest BCUT2D eigenvalue weighted by atomic mass is 9.82. The molecular weight excluding hydrogens is 312 g/mol. The standard InChI is InChI=1S/C21H32N2O2/c1-22-14-10-19(11-15-22)23(17-18-8-4-2-5-9-18)20(24)16-21(25)12-6-3-7-13-21/h2,4-5,8-9,19,25H,3,6-7,10-17H2,1H3. The first-order valence-corrected chi connectivity index (χ1v) is 9.80. The minimum Gasteiger partial charge on any atom is -0.389 e. The summed E-state index contributed by atoms with van der Waals surface area (Å²) in [5.74, 6) is 0.128. The Bertz CT molecular complexity index is 546. The van der Waals surface area contributed by atoms with Crippen LogP contribution in [0.1, 0.15) is 56.9 Å². The van der Waals surface area contributed by atoms with Crippen LogP contribution in [0.2, 0.25) is 0 Å². The third-order valence-corrected chi connectivity index (χ3v) is 5.91. The number of likely N-dealkylation sites (tertiary alicyclic amines) is 1. The summed E-state index contributed by atoms with van der Waals surface area (Å²) < 4.78 is 0. The molecule has 0 atom stereocenters. The molecule has 3 rings (SSSR count). The van der Waals surface area contributed by atoms with Gasteiger partial charge in [0.2, 0.25) is 5.91 Å². The van der Waals surface area contributed by atoms with Gasteiger partial charge in [0.05, 0.1) is 12.0 Å². The Labute approximate surface area is 151 Å². The van der Waals surface area contributed by atoms with Crippen LogP contribution in [0.25, 0.3) is 0 Å². The number of hydrogen-bond donors (Lipinski definition) is 1. The average molecular weight is 344 g/mol. The SMILES string of the molecule is CN1CCC(N(Cc2ccccc2)C(=O)CC2(O)CCCCC2)CC1. The highest BCUT2D eigenvalue weighted by molar-refractivity contribution is 5.77. The predicted octanol–water partition coefficient (Wildman–Crippen LogP) is 3.19. The molecule has 0 spiro atoms. The molecule has 0 bridgehead atoms. The molecule has 4 nitrogen and oxygen atoms in total. The number of carbonyl (C=O) groups excluding carboxylic acids is 1. The number of aliphatic hydroxyl groups is 1.